The van der Waals surface area contributed by atoms with E-state index in [0.717, 1.165) is 12.1 Å². The molecular formula is C11H14ClF4NO. The van der Waals surface area contributed by atoms with Crippen molar-refractivity contribution in [1.29, 1.82) is 0 Å². The van der Waals surface area contributed by atoms with Crippen molar-refractivity contribution >= 4 is 12.4 Å². The van der Waals surface area contributed by atoms with E-state index in [1.54, 1.807) is 0 Å². The summed E-state index contributed by atoms with van der Waals surface area (Å²) in [7, 11) is 1.31. The van der Waals surface area contributed by atoms with Gasteiger partial charge in [-0.15, -0.1) is 12.4 Å². The monoisotopic (exact) mass is 287 g/mol. The number of hydrogen-bond donors (Lipinski definition) is 1. The Morgan fingerprint density at radius 1 is 1.33 bits per heavy atom. The summed E-state index contributed by atoms with van der Waals surface area (Å²) in [6, 6.07) is 2.76. The molecule has 104 valence electrons. The van der Waals surface area contributed by atoms with Crippen LogP contribution in [0.4, 0.5) is 17.6 Å². The maximum Gasteiger partial charge on any atom is 0.389 e. The molecule has 0 spiro atoms. The van der Waals surface area contributed by atoms with Crippen LogP contribution in [-0.2, 0) is 0 Å². The molecule has 0 aliphatic carbocycles. The van der Waals surface area contributed by atoms with Gasteiger partial charge in [0.25, 0.3) is 0 Å². The topological polar surface area (TPSA) is 35.2 Å². The van der Waals surface area contributed by atoms with E-state index in [1.165, 1.54) is 13.2 Å². The fourth-order valence-electron chi connectivity index (χ4n) is 1.47. The molecule has 1 atom stereocenters. The molecule has 0 amide bonds. The lowest BCUT2D eigenvalue weighted by molar-refractivity contribution is -0.136. The molecule has 7 heteroatoms. The molecule has 1 aromatic carbocycles. The van der Waals surface area contributed by atoms with Crippen molar-refractivity contribution in [3.05, 3.63) is 29.6 Å². The van der Waals surface area contributed by atoms with Crippen LogP contribution in [-0.4, -0.2) is 13.3 Å². The summed E-state index contributed by atoms with van der Waals surface area (Å²) < 4.78 is 53.8. The van der Waals surface area contributed by atoms with E-state index in [4.69, 9.17) is 10.5 Å². The van der Waals surface area contributed by atoms with E-state index >= 15 is 0 Å². The van der Waals surface area contributed by atoms with E-state index in [1.807, 2.05) is 0 Å². The lowest BCUT2D eigenvalue weighted by Gasteiger charge is -2.16. The second-order valence-electron chi connectivity index (χ2n) is 3.65. The minimum absolute atomic E-state index is 0. The highest BCUT2D eigenvalue weighted by atomic mass is 35.5. The van der Waals surface area contributed by atoms with E-state index in [9.17, 15) is 17.6 Å². The largest absolute Gasteiger partial charge is 0.496 e. The van der Waals surface area contributed by atoms with E-state index in [-0.39, 0.29) is 24.6 Å². The third-order valence-corrected chi connectivity index (χ3v) is 2.33. The van der Waals surface area contributed by atoms with Gasteiger partial charge >= 0.3 is 6.18 Å². The molecule has 1 rings (SSSR count). The Balaban J connectivity index is 0.00000289. The van der Waals surface area contributed by atoms with Crippen LogP contribution in [0.2, 0.25) is 0 Å². The second kappa shape index (κ2) is 6.80. The molecule has 0 heterocycles. The van der Waals surface area contributed by atoms with Gasteiger partial charge < -0.3 is 10.5 Å². The molecule has 0 aliphatic rings. The molecule has 0 fully saturated rings. The van der Waals surface area contributed by atoms with Crippen molar-refractivity contribution in [2.45, 2.75) is 25.1 Å². The van der Waals surface area contributed by atoms with Gasteiger partial charge in [0.05, 0.1) is 7.11 Å². The SMILES string of the molecule is COc1cc(F)ccc1[C@H](N)CCC(F)(F)F.Cl. The summed E-state index contributed by atoms with van der Waals surface area (Å²) in [6.45, 7) is 0. The maximum atomic E-state index is 12.9. The van der Waals surface area contributed by atoms with Crippen molar-refractivity contribution in [1.82, 2.24) is 0 Å². The van der Waals surface area contributed by atoms with Crippen molar-refractivity contribution in [2.75, 3.05) is 7.11 Å². The van der Waals surface area contributed by atoms with Gasteiger partial charge in [-0.1, -0.05) is 6.07 Å². The number of rotatable bonds is 4. The summed E-state index contributed by atoms with van der Waals surface area (Å²) in [6.07, 6.45) is -5.48. The Bertz CT molecular complexity index is 384. The highest BCUT2D eigenvalue weighted by Gasteiger charge is 2.28. The van der Waals surface area contributed by atoms with Gasteiger partial charge in [0.1, 0.15) is 11.6 Å². The first-order valence-electron chi connectivity index (χ1n) is 4.99. The Morgan fingerprint density at radius 3 is 2.44 bits per heavy atom. The first kappa shape index (κ1) is 17.0. The minimum atomic E-state index is -4.25. The van der Waals surface area contributed by atoms with Gasteiger partial charge in [0, 0.05) is 24.1 Å². The molecule has 0 radical (unpaired) electrons. The van der Waals surface area contributed by atoms with Crippen molar-refractivity contribution in [3.63, 3.8) is 0 Å². The number of halogens is 5. The number of ether oxygens (including phenoxy) is 1. The fourth-order valence-corrected chi connectivity index (χ4v) is 1.47. The van der Waals surface area contributed by atoms with Crippen LogP contribution < -0.4 is 10.5 Å². The smallest absolute Gasteiger partial charge is 0.389 e. The first-order valence-corrected chi connectivity index (χ1v) is 4.99. The van der Waals surface area contributed by atoms with Gasteiger partial charge in [-0.2, -0.15) is 13.2 Å². The quantitative estimate of drug-likeness (QED) is 0.859. The molecule has 18 heavy (non-hydrogen) atoms. The molecular weight excluding hydrogens is 274 g/mol. The van der Waals surface area contributed by atoms with Gasteiger partial charge in [-0.3, -0.25) is 0 Å². The third-order valence-electron chi connectivity index (χ3n) is 2.33. The van der Waals surface area contributed by atoms with Crippen LogP contribution >= 0.6 is 12.4 Å². The van der Waals surface area contributed by atoms with Crippen molar-refractivity contribution < 1.29 is 22.3 Å². The lowest BCUT2D eigenvalue weighted by atomic mass is 10.0. The lowest BCUT2D eigenvalue weighted by Crippen LogP contribution is -2.16. The predicted octanol–water partition coefficient (Wildman–Crippen LogP) is 3.60. The van der Waals surface area contributed by atoms with Gasteiger partial charge in [0.2, 0.25) is 0 Å². The normalized spacial score (nSPS) is 12.8. The third kappa shape index (κ3) is 5.10. The van der Waals surface area contributed by atoms with E-state index in [2.05, 4.69) is 0 Å². The number of hydrogen-bond acceptors (Lipinski definition) is 2. The van der Waals surface area contributed by atoms with Crippen LogP contribution in [0.15, 0.2) is 18.2 Å². The zero-order chi connectivity index (χ0) is 13.1. The summed E-state index contributed by atoms with van der Waals surface area (Å²) in [5.41, 5.74) is 6.00. The van der Waals surface area contributed by atoms with Crippen LogP contribution in [0.3, 0.4) is 0 Å². The number of alkyl halides is 3. The summed E-state index contributed by atoms with van der Waals surface area (Å²) in [4.78, 5) is 0. The number of benzene rings is 1. The summed E-state index contributed by atoms with van der Waals surface area (Å²) in [5.74, 6) is -0.353. The Kier molecular flexibility index (Phi) is 6.42. The summed E-state index contributed by atoms with van der Waals surface area (Å²) in [5, 5.41) is 0. The van der Waals surface area contributed by atoms with E-state index < -0.39 is 24.5 Å². The van der Waals surface area contributed by atoms with E-state index in [0.29, 0.717) is 5.56 Å². The highest BCUT2D eigenvalue weighted by molar-refractivity contribution is 5.85. The van der Waals surface area contributed by atoms with Crippen molar-refractivity contribution in [3.8, 4) is 5.75 Å². The Labute approximate surface area is 109 Å². The fraction of sp³-hybridized carbons (Fsp3) is 0.455. The van der Waals surface area contributed by atoms with Crippen LogP contribution in [0.5, 0.6) is 5.75 Å². The van der Waals surface area contributed by atoms with Crippen LogP contribution in [0.25, 0.3) is 0 Å². The average Bonchev–Trinajstić information content (AvgIpc) is 2.24. The molecule has 0 aliphatic heterocycles. The molecule has 0 unspecified atom stereocenters. The second-order valence-corrected chi connectivity index (χ2v) is 3.65. The molecule has 0 saturated heterocycles. The molecule has 2 nitrogen and oxygen atoms in total. The average molecular weight is 288 g/mol. The Morgan fingerprint density at radius 2 is 1.94 bits per heavy atom. The minimum Gasteiger partial charge on any atom is -0.496 e. The molecule has 0 bridgehead atoms. The molecule has 0 aromatic heterocycles. The van der Waals surface area contributed by atoms with Crippen molar-refractivity contribution in [2.24, 2.45) is 5.73 Å². The van der Waals surface area contributed by atoms with Crippen LogP contribution in [0, 0.1) is 5.82 Å². The number of nitrogens with two attached hydrogens (primary N) is 1. The molecule has 1 aromatic rings. The number of methoxy groups -OCH3 is 1. The predicted molar refractivity (Wildman–Crippen MR) is 62.4 cm³/mol. The Hall–Kier alpha value is -1.01. The zero-order valence-electron chi connectivity index (χ0n) is 9.63. The summed E-state index contributed by atoms with van der Waals surface area (Å²) >= 11 is 0. The standard InChI is InChI=1S/C11H13F4NO.ClH/c1-17-10-6-7(12)2-3-8(10)9(16)4-5-11(13,14)15;/h2-3,6,9H,4-5,16H2,1H3;1H/t9-;/m1./s1. The van der Waals surface area contributed by atoms with Crippen LogP contribution in [0.1, 0.15) is 24.4 Å². The first-order chi connectivity index (χ1) is 7.83. The highest BCUT2D eigenvalue weighted by Crippen LogP contribution is 2.30. The van der Waals surface area contributed by atoms with Gasteiger partial charge in [-0.05, 0) is 12.5 Å². The maximum absolute atomic E-state index is 12.9. The molecule has 0 saturated carbocycles. The van der Waals surface area contributed by atoms with Gasteiger partial charge in [-0.25, -0.2) is 4.39 Å². The zero-order valence-corrected chi connectivity index (χ0v) is 10.4. The molecule has 2 N–H and O–H groups in total. The van der Waals surface area contributed by atoms with Gasteiger partial charge in [0.15, 0.2) is 0 Å².